The van der Waals surface area contributed by atoms with Gasteiger partial charge in [0.15, 0.2) is 0 Å². The van der Waals surface area contributed by atoms with Gasteiger partial charge in [-0.05, 0) is 36.8 Å². The van der Waals surface area contributed by atoms with Crippen LogP contribution < -0.4 is 5.32 Å². The van der Waals surface area contributed by atoms with Crippen LogP contribution in [0.4, 0.5) is 5.69 Å². The summed E-state index contributed by atoms with van der Waals surface area (Å²) in [6, 6.07) is 5.21. The fraction of sp³-hybridized carbons (Fsp3) is 0.538. The van der Waals surface area contributed by atoms with Crippen molar-refractivity contribution in [2.75, 3.05) is 6.54 Å². The van der Waals surface area contributed by atoms with Crippen molar-refractivity contribution in [3.63, 3.8) is 0 Å². The molecule has 4 nitrogen and oxygen atoms in total. The first-order valence-electron chi connectivity index (χ1n) is 6.20. The molecule has 0 radical (unpaired) electrons. The quantitative estimate of drug-likeness (QED) is 0.644. The van der Waals surface area contributed by atoms with Gasteiger partial charge >= 0.3 is 0 Å². The molecule has 1 saturated carbocycles. The van der Waals surface area contributed by atoms with Crippen molar-refractivity contribution in [3.8, 4) is 0 Å². The van der Waals surface area contributed by atoms with E-state index in [9.17, 15) is 10.1 Å². The number of nitrogens with one attached hydrogen (secondary N) is 1. The summed E-state index contributed by atoms with van der Waals surface area (Å²) in [6.45, 7) is 3.72. The molecule has 1 fully saturated rings. The van der Waals surface area contributed by atoms with E-state index in [0.717, 1.165) is 16.6 Å². The lowest BCUT2D eigenvalue weighted by Gasteiger charge is -2.13. The number of hydrogen-bond acceptors (Lipinski definition) is 3. The van der Waals surface area contributed by atoms with Gasteiger partial charge in [0.25, 0.3) is 5.69 Å². The van der Waals surface area contributed by atoms with E-state index >= 15 is 0 Å². The Morgan fingerprint density at radius 3 is 2.78 bits per heavy atom. The van der Waals surface area contributed by atoms with Gasteiger partial charge < -0.3 is 5.32 Å². The van der Waals surface area contributed by atoms with Crippen molar-refractivity contribution < 1.29 is 4.92 Å². The van der Waals surface area contributed by atoms with Crippen molar-refractivity contribution in [3.05, 3.63) is 38.3 Å². The van der Waals surface area contributed by atoms with Crippen LogP contribution in [0, 0.1) is 15.5 Å². The highest BCUT2D eigenvalue weighted by molar-refractivity contribution is 9.10. The third-order valence-corrected chi connectivity index (χ3v) is 4.26. The SMILES string of the molecule is CCC1(CNCc2ccc(Br)cc2[N+](=O)[O-])CC1. The number of rotatable bonds is 6. The summed E-state index contributed by atoms with van der Waals surface area (Å²) in [5.74, 6) is 0. The first-order valence-corrected chi connectivity index (χ1v) is 6.99. The van der Waals surface area contributed by atoms with E-state index in [1.807, 2.05) is 6.07 Å². The summed E-state index contributed by atoms with van der Waals surface area (Å²) in [6.07, 6.45) is 3.74. The van der Waals surface area contributed by atoms with Gasteiger partial charge in [0, 0.05) is 29.2 Å². The summed E-state index contributed by atoms with van der Waals surface area (Å²) in [5, 5.41) is 14.3. The Morgan fingerprint density at radius 1 is 1.50 bits per heavy atom. The molecule has 0 bridgehead atoms. The van der Waals surface area contributed by atoms with Gasteiger partial charge in [-0.2, -0.15) is 0 Å². The molecule has 0 unspecified atom stereocenters. The average Bonchev–Trinajstić information content (AvgIpc) is 3.11. The van der Waals surface area contributed by atoms with Crippen molar-refractivity contribution in [1.82, 2.24) is 5.32 Å². The first-order chi connectivity index (χ1) is 8.56. The van der Waals surface area contributed by atoms with Crippen molar-refractivity contribution in [2.24, 2.45) is 5.41 Å². The van der Waals surface area contributed by atoms with E-state index in [2.05, 4.69) is 28.2 Å². The molecule has 2 rings (SSSR count). The molecule has 0 saturated heterocycles. The number of nitro groups is 1. The summed E-state index contributed by atoms with van der Waals surface area (Å²) < 4.78 is 0.741. The van der Waals surface area contributed by atoms with Crippen LogP contribution in [-0.2, 0) is 6.54 Å². The zero-order valence-corrected chi connectivity index (χ0v) is 12.0. The van der Waals surface area contributed by atoms with Gasteiger partial charge in [0.2, 0.25) is 0 Å². The van der Waals surface area contributed by atoms with Crippen molar-refractivity contribution >= 4 is 21.6 Å². The van der Waals surface area contributed by atoms with E-state index in [0.29, 0.717) is 12.0 Å². The molecule has 1 aromatic rings. The van der Waals surface area contributed by atoms with Crippen LogP contribution in [0.5, 0.6) is 0 Å². The lowest BCUT2D eigenvalue weighted by Crippen LogP contribution is -2.23. The molecule has 0 aromatic heterocycles. The lowest BCUT2D eigenvalue weighted by atomic mass is 10.0. The topological polar surface area (TPSA) is 55.2 Å². The number of nitro benzene ring substituents is 1. The minimum Gasteiger partial charge on any atom is -0.312 e. The minimum atomic E-state index is -0.325. The zero-order chi connectivity index (χ0) is 13.2. The van der Waals surface area contributed by atoms with Gasteiger partial charge in [-0.15, -0.1) is 0 Å². The van der Waals surface area contributed by atoms with Crippen LogP contribution in [0.3, 0.4) is 0 Å². The normalized spacial score (nSPS) is 16.6. The summed E-state index contributed by atoms with van der Waals surface area (Å²) in [7, 11) is 0. The minimum absolute atomic E-state index is 0.179. The largest absolute Gasteiger partial charge is 0.312 e. The van der Waals surface area contributed by atoms with E-state index in [4.69, 9.17) is 0 Å². The second kappa shape index (κ2) is 5.36. The highest BCUT2D eigenvalue weighted by atomic mass is 79.9. The second-order valence-corrected chi connectivity index (χ2v) is 5.90. The smallest absolute Gasteiger partial charge is 0.275 e. The number of benzene rings is 1. The monoisotopic (exact) mass is 312 g/mol. The molecule has 98 valence electrons. The molecule has 0 heterocycles. The number of halogens is 1. The Hall–Kier alpha value is -0.940. The van der Waals surface area contributed by atoms with Crippen LogP contribution >= 0.6 is 15.9 Å². The summed E-state index contributed by atoms with van der Waals surface area (Å²) in [5.41, 5.74) is 1.39. The van der Waals surface area contributed by atoms with E-state index in [1.54, 1.807) is 12.1 Å². The molecule has 0 atom stereocenters. The molecule has 1 aliphatic carbocycles. The first kappa shape index (κ1) is 13.5. The van der Waals surface area contributed by atoms with Crippen molar-refractivity contribution in [1.29, 1.82) is 0 Å². The third-order valence-electron chi connectivity index (χ3n) is 3.77. The molecule has 1 aliphatic rings. The summed E-state index contributed by atoms with van der Waals surface area (Å²) in [4.78, 5) is 10.6. The van der Waals surface area contributed by atoms with E-state index in [-0.39, 0.29) is 10.6 Å². The Kier molecular flexibility index (Phi) is 4.02. The molecule has 1 N–H and O–H groups in total. The van der Waals surface area contributed by atoms with Crippen LogP contribution in [-0.4, -0.2) is 11.5 Å². The van der Waals surface area contributed by atoms with Gasteiger partial charge in [0.1, 0.15) is 0 Å². The fourth-order valence-corrected chi connectivity index (χ4v) is 2.50. The zero-order valence-electron chi connectivity index (χ0n) is 10.4. The maximum absolute atomic E-state index is 11.0. The predicted molar refractivity (Wildman–Crippen MR) is 74.5 cm³/mol. The predicted octanol–water partition coefficient (Wildman–Crippen LogP) is 3.64. The molecule has 18 heavy (non-hydrogen) atoms. The maximum Gasteiger partial charge on any atom is 0.275 e. The molecule has 0 spiro atoms. The fourth-order valence-electron chi connectivity index (χ4n) is 2.15. The van der Waals surface area contributed by atoms with Crippen molar-refractivity contribution in [2.45, 2.75) is 32.7 Å². The number of nitrogens with zero attached hydrogens (tertiary/aromatic N) is 1. The lowest BCUT2D eigenvalue weighted by molar-refractivity contribution is -0.385. The molecule has 0 amide bonds. The van der Waals surface area contributed by atoms with E-state index in [1.165, 1.54) is 19.3 Å². The molecular weight excluding hydrogens is 296 g/mol. The average molecular weight is 313 g/mol. The molecule has 5 heteroatoms. The van der Waals surface area contributed by atoms with Gasteiger partial charge in [-0.3, -0.25) is 10.1 Å². The Balaban J connectivity index is 1.98. The van der Waals surface area contributed by atoms with Crippen LogP contribution in [0.15, 0.2) is 22.7 Å². The standard InChI is InChI=1S/C13H17BrN2O2/c1-2-13(5-6-13)9-15-8-10-3-4-11(14)7-12(10)16(17)18/h3-4,7,15H,2,5-6,8-9H2,1H3. The maximum atomic E-state index is 11.0. The van der Waals surface area contributed by atoms with Gasteiger partial charge in [0.05, 0.1) is 4.92 Å². The van der Waals surface area contributed by atoms with E-state index < -0.39 is 0 Å². The third kappa shape index (κ3) is 3.09. The Labute approximate surface area is 115 Å². The van der Waals surface area contributed by atoms with Crippen LogP contribution in [0.25, 0.3) is 0 Å². The molecular formula is C13H17BrN2O2. The molecule has 0 aliphatic heterocycles. The van der Waals surface area contributed by atoms with Gasteiger partial charge in [-0.1, -0.05) is 22.9 Å². The Morgan fingerprint density at radius 2 is 2.22 bits per heavy atom. The second-order valence-electron chi connectivity index (χ2n) is 4.99. The summed E-state index contributed by atoms with van der Waals surface area (Å²) >= 11 is 3.26. The van der Waals surface area contributed by atoms with Gasteiger partial charge in [-0.25, -0.2) is 0 Å². The number of hydrogen-bond donors (Lipinski definition) is 1. The highest BCUT2D eigenvalue weighted by Gasteiger charge is 2.39. The van der Waals surface area contributed by atoms with Crippen LogP contribution in [0.2, 0.25) is 0 Å². The Bertz CT molecular complexity index is 458. The highest BCUT2D eigenvalue weighted by Crippen LogP contribution is 2.47. The molecule has 1 aromatic carbocycles. The van der Waals surface area contributed by atoms with Crippen LogP contribution in [0.1, 0.15) is 31.7 Å².